The van der Waals surface area contributed by atoms with Crippen LogP contribution in [0.5, 0.6) is 0 Å². The third-order valence-corrected chi connectivity index (χ3v) is 3.70. The molecule has 0 radical (unpaired) electrons. The fourth-order valence-electron chi connectivity index (χ4n) is 2.00. The van der Waals surface area contributed by atoms with E-state index in [2.05, 4.69) is 27.4 Å². The van der Waals surface area contributed by atoms with E-state index in [1.54, 1.807) is 0 Å². The first kappa shape index (κ1) is 22.1. The molecular formula is C18H30O6. The van der Waals surface area contributed by atoms with Gasteiger partial charge >= 0.3 is 17.9 Å². The molecular weight excluding hydrogens is 312 g/mol. The zero-order valence-electron chi connectivity index (χ0n) is 15.3. The van der Waals surface area contributed by atoms with Gasteiger partial charge in [0.15, 0.2) is 0 Å². The van der Waals surface area contributed by atoms with E-state index in [4.69, 9.17) is 14.2 Å². The van der Waals surface area contributed by atoms with Gasteiger partial charge in [0.25, 0.3) is 0 Å². The van der Waals surface area contributed by atoms with E-state index < -0.39 is 11.9 Å². The Morgan fingerprint density at radius 1 is 1.04 bits per heavy atom. The van der Waals surface area contributed by atoms with Crippen LogP contribution in [0.3, 0.4) is 0 Å². The highest BCUT2D eigenvalue weighted by molar-refractivity contribution is 5.77. The molecule has 0 saturated carbocycles. The lowest BCUT2D eigenvalue weighted by atomic mass is 9.81. The fourth-order valence-corrected chi connectivity index (χ4v) is 2.00. The van der Waals surface area contributed by atoms with E-state index in [0.29, 0.717) is 0 Å². The van der Waals surface area contributed by atoms with Gasteiger partial charge in [-0.05, 0) is 11.8 Å². The predicted molar refractivity (Wildman–Crippen MR) is 90.2 cm³/mol. The van der Waals surface area contributed by atoms with Crippen LogP contribution in [0, 0.1) is 11.3 Å². The van der Waals surface area contributed by atoms with Gasteiger partial charge in [-0.1, -0.05) is 46.8 Å². The number of carbonyl (C=O) groups excluding carboxylic acids is 3. The fraction of sp³-hybridized carbons (Fsp3) is 0.722. The SMILES string of the molecule is C=CCOC(=O)CCC(=O)OCCOC(=O)C(C)CC(C)(C)CC. The van der Waals surface area contributed by atoms with Gasteiger partial charge in [0.1, 0.15) is 19.8 Å². The van der Waals surface area contributed by atoms with E-state index >= 15 is 0 Å². The van der Waals surface area contributed by atoms with Crippen molar-refractivity contribution in [3.8, 4) is 0 Å². The largest absolute Gasteiger partial charge is 0.462 e. The zero-order valence-corrected chi connectivity index (χ0v) is 15.3. The lowest BCUT2D eigenvalue weighted by Gasteiger charge is -2.25. The van der Waals surface area contributed by atoms with Gasteiger partial charge in [0, 0.05) is 0 Å². The van der Waals surface area contributed by atoms with Crippen molar-refractivity contribution in [2.75, 3.05) is 19.8 Å². The van der Waals surface area contributed by atoms with Gasteiger partial charge in [-0.15, -0.1) is 0 Å². The summed E-state index contributed by atoms with van der Waals surface area (Å²) in [5, 5.41) is 0. The molecule has 0 fully saturated rings. The van der Waals surface area contributed by atoms with Crippen molar-refractivity contribution in [3.05, 3.63) is 12.7 Å². The Kier molecular flexibility index (Phi) is 10.8. The average Bonchev–Trinajstić information content (AvgIpc) is 2.54. The van der Waals surface area contributed by atoms with Gasteiger partial charge in [-0.25, -0.2) is 0 Å². The summed E-state index contributed by atoms with van der Waals surface area (Å²) in [7, 11) is 0. The zero-order chi connectivity index (χ0) is 18.6. The molecule has 0 saturated heterocycles. The minimum atomic E-state index is -0.526. The van der Waals surface area contributed by atoms with Crippen molar-refractivity contribution >= 4 is 17.9 Å². The Bertz CT molecular complexity index is 427. The number of esters is 3. The summed E-state index contributed by atoms with van der Waals surface area (Å²) < 4.78 is 14.7. The highest BCUT2D eigenvalue weighted by Gasteiger charge is 2.24. The molecule has 0 amide bonds. The van der Waals surface area contributed by atoms with E-state index in [1.807, 2.05) is 6.92 Å². The van der Waals surface area contributed by atoms with Gasteiger partial charge < -0.3 is 14.2 Å². The maximum Gasteiger partial charge on any atom is 0.308 e. The molecule has 1 unspecified atom stereocenters. The molecule has 0 aliphatic heterocycles. The normalized spacial score (nSPS) is 12.2. The Balaban J connectivity index is 3.84. The van der Waals surface area contributed by atoms with Crippen LogP contribution in [-0.4, -0.2) is 37.7 Å². The summed E-state index contributed by atoms with van der Waals surface area (Å²) in [6.07, 6.45) is 3.07. The number of hydrogen-bond donors (Lipinski definition) is 0. The molecule has 0 aliphatic carbocycles. The summed E-state index contributed by atoms with van der Waals surface area (Å²) in [4.78, 5) is 34.5. The number of ether oxygens (including phenoxy) is 3. The first-order valence-corrected chi connectivity index (χ1v) is 8.30. The number of hydrogen-bond acceptors (Lipinski definition) is 6. The molecule has 6 heteroatoms. The second-order valence-corrected chi connectivity index (χ2v) is 6.48. The van der Waals surface area contributed by atoms with Crippen molar-refractivity contribution in [1.29, 1.82) is 0 Å². The molecule has 0 aromatic carbocycles. The Labute approximate surface area is 144 Å². The van der Waals surface area contributed by atoms with Crippen LogP contribution in [0.15, 0.2) is 12.7 Å². The molecule has 0 heterocycles. The van der Waals surface area contributed by atoms with Crippen LogP contribution in [0.4, 0.5) is 0 Å². The van der Waals surface area contributed by atoms with Crippen LogP contribution < -0.4 is 0 Å². The van der Waals surface area contributed by atoms with Crippen molar-refractivity contribution in [2.24, 2.45) is 11.3 Å². The standard InChI is InChI=1S/C18H30O6/c1-6-10-22-15(19)8-9-16(20)23-11-12-24-17(21)14(3)13-18(4,5)7-2/h6,14H,1,7-13H2,2-5H3. The van der Waals surface area contributed by atoms with Crippen LogP contribution >= 0.6 is 0 Å². The Morgan fingerprint density at radius 2 is 1.58 bits per heavy atom. The molecule has 6 nitrogen and oxygen atoms in total. The first-order valence-electron chi connectivity index (χ1n) is 8.30. The number of carbonyl (C=O) groups is 3. The molecule has 24 heavy (non-hydrogen) atoms. The minimum Gasteiger partial charge on any atom is -0.462 e. The third kappa shape index (κ3) is 10.8. The molecule has 138 valence electrons. The van der Waals surface area contributed by atoms with Crippen molar-refractivity contribution < 1.29 is 28.6 Å². The van der Waals surface area contributed by atoms with Gasteiger partial charge in [-0.2, -0.15) is 0 Å². The molecule has 0 aromatic rings. The van der Waals surface area contributed by atoms with Gasteiger partial charge in [0.05, 0.1) is 18.8 Å². The minimum absolute atomic E-state index is 0.0162. The first-order chi connectivity index (χ1) is 11.2. The maximum absolute atomic E-state index is 11.9. The monoisotopic (exact) mass is 342 g/mol. The quantitative estimate of drug-likeness (QED) is 0.235. The van der Waals surface area contributed by atoms with Crippen LogP contribution in [0.25, 0.3) is 0 Å². The Morgan fingerprint density at radius 3 is 2.12 bits per heavy atom. The molecule has 0 aliphatic rings. The van der Waals surface area contributed by atoms with Crippen LogP contribution in [0.2, 0.25) is 0 Å². The van der Waals surface area contributed by atoms with Gasteiger partial charge in [-0.3, -0.25) is 14.4 Å². The maximum atomic E-state index is 11.9. The third-order valence-electron chi connectivity index (χ3n) is 3.70. The van der Waals surface area contributed by atoms with Crippen LogP contribution in [-0.2, 0) is 28.6 Å². The van der Waals surface area contributed by atoms with Crippen molar-refractivity contribution in [1.82, 2.24) is 0 Å². The predicted octanol–water partition coefficient (Wildman–Crippen LogP) is 3.04. The second kappa shape index (κ2) is 11.6. The van der Waals surface area contributed by atoms with E-state index in [-0.39, 0.29) is 50.0 Å². The Hall–Kier alpha value is -1.85. The highest BCUT2D eigenvalue weighted by atomic mass is 16.6. The molecule has 0 aromatic heterocycles. The summed E-state index contributed by atoms with van der Waals surface area (Å²) in [5.74, 6) is -1.50. The number of rotatable bonds is 12. The summed E-state index contributed by atoms with van der Waals surface area (Å²) in [6, 6.07) is 0. The summed E-state index contributed by atoms with van der Waals surface area (Å²) >= 11 is 0. The van der Waals surface area contributed by atoms with Crippen LogP contribution in [0.1, 0.15) is 53.4 Å². The van der Waals surface area contributed by atoms with E-state index in [9.17, 15) is 14.4 Å². The topological polar surface area (TPSA) is 78.9 Å². The molecule has 0 rings (SSSR count). The van der Waals surface area contributed by atoms with E-state index in [0.717, 1.165) is 12.8 Å². The van der Waals surface area contributed by atoms with E-state index in [1.165, 1.54) is 6.08 Å². The summed E-state index contributed by atoms with van der Waals surface area (Å²) in [5.41, 5.74) is 0.0884. The highest BCUT2D eigenvalue weighted by Crippen LogP contribution is 2.29. The van der Waals surface area contributed by atoms with Crippen molar-refractivity contribution in [2.45, 2.75) is 53.4 Å². The molecule has 0 N–H and O–H groups in total. The molecule has 0 bridgehead atoms. The lowest BCUT2D eigenvalue weighted by molar-refractivity contribution is -0.156. The second-order valence-electron chi connectivity index (χ2n) is 6.48. The molecule has 1 atom stereocenters. The molecule has 0 spiro atoms. The smallest absolute Gasteiger partial charge is 0.308 e. The average molecular weight is 342 g/mol. The summed E-state index contributed by atoms with van der Waals surface area (Å²) in [6.45, 7) is 11.7. The lowest BCUT2D eigenvalue weighted by Crippen LogP contribution is -2.24. The van der Waals surface area contributed by atoms with Gasteiger partial charge in [0.2, 0.25) is 0 Å². The van der Waals surface area contributed by atoms with Crippen molar-refractivity contribution in [3.63, 3.8) is 0 Å².